The Morgan fingerprint density at radius 2 is 1.90 bits per heavy atom. The number of sulfonamides is 1. The van der Waals surface area contributed by atoms with Crippen molar-refractivity contribution in [2.75, 3.05) is 10.5 Å². The van der Waals surface area contributed by atoms with Gasteiger partial charge in [0, 0.05) is 5.02 Å². The van der Waals surface area contributed by atoms with E-state index in [4.69, 9.17) is 22.6 Å². The summed E-state index contributed by atoms with van der Waals surface area (Å²) in [4.78, 5) is -0.127. The maximum Gasteiger partial charge on any atom is 0.264 e. The Hall–Kier alpha value is -2.23. The normalized spacial score (nSPS) is 10.8. The van der Waals surface area contributed by atoms with Crippen LogP contribution in [0.4, 0.5) is 11.4 Å². The minimum Gasteiger partial charge on any atom is -0.398 e. The highest BCUT2D eigenvalue weighted by molar-refractivity contribution is 7.92. The number of hydrogen-bond acceptors (Lipinski definition) is 4. The average molecular weight is 308 g/mol. The van der Waals surface area contributed by atoms with Crippen molar-refractivity contribution in [2.24, 2.45) is 0 Å². The summed E-state index contributed by atoms with van der Waals surface area (Å²) in [6, 6.07) is 12.4. The number of hydrogen-bond donors (Lipinski definition) is 2. The molecule has 0 unspecified atom stereocenters. The zero-order chi connectivity index (χ0) is 14.8. The van der Waals surface area contributed by atoms with E-state index in [-0.39, 0.29) is 26.9 Å². The predicted octanol–water partition coefficient (Wildman–Crippen LogP) is 2.59. The summed E-state index contributed by atoms with van der Waals surface area (Å²) in [6.45, 7) is 0. The van der Waals surface area contributed by atoms with Crippen LogP contribution in [0.5, 0.6) is 0 Å². The first-order valence-corrected chi connectivity index (χ1v) is 7.37. The highest BCUT2D eigenvalue weighted by Crippen LogP contribution is 2.25. The standard InChI is InChI=1S/C13H10ClN3O2S/c14-10-5-6-11(16)13(7-10)20(18,19)17-12-4-2-1-3-9(12)8-15/h1-7,17H,16H2. The summed E-state index contributed by atoms with van der Waals surface area (Å²) < 4.78 is 26.9. The highest BCUT2D eigenvalue weighted by atomic mass is 35.5. The first-order chi connectivity index (χ1) is 9.44. The van der Waals surface area contributed by atoms with Gasteiger partial charge < -0.3 is 5.73 Å². The van der Waals surface area contributed by atoms with Crippen LogP contribution < -0.4 is 10.5 Å². The number of benzene rings is 2. The molecule has 0 atom stereocenters. The van der Waals surface area contributed by atoms with Gasteiger partial charge in [-0.2, -0.15) is 5.26 Å². The summed E-state index contributed by atoms with van der Waals surface area (Å²) in [5.41, 5.74) is 6.15. The zero-order valence-electron chi connectivity index (χ0n) is 10.2. The Balaban J connectivity index is 2.47. The van der Waals surface area contributed by atoms with Crippen LogP contribution in [0.2, 0.25) is 5.02 Å². The Morgan fingerprint density at radius 1 is 1.20 bits per heavy atom. The van der Waals surface area contributed by atoms with E-state index in [0.717, 1.165) is 0 Å². The molecule has 0 aliphatic carbocycles. The molecule has 0 aliphatic heterocycles. The lowest BCUT2D eigenvalue weighted by atomic mass is 10.2. The van der Waals surface area contributed by atoms with Gasteiger partial charge in [0.15, 0.2) is 0 Å². The molecule has 0 amide bonds. The fraction of sp³-hybridized carbons (Fsp3) is 0. The molecular weight excluding hydrogens is 298 g/mol. The third-order valence-electron chi connectivity index (χ3n) is 2.56. The number of para-hydroxylation sites is 1. The number of anilines is 2. The average Bonchev–Trinajstić information content (AvgIpc) is 2.41. The fourth-order valence-electron chi connectivity index (χ4n) is 1.61. The summed E-state index contributed by atoms with van der Waals surface area (Å²) in [6.07, 6.45) is 0. The molecule has 2 aromatic carbocycles. The Kier molecular flexibility index (Phi) is 3.84. The van der Waals surface area contributed by atoms with Gasteiger partial charge in [0.05, 0.1) is 16.9 Å². The molecule has 0 saturated heterocycles. The monoisotopic (exact) mass is 307 g/mol. The molecule has 0 bridgehead atoms. The molecule has 0 heterocycles. The molecule has 0 fully saturated rings. The molecule has 2 rings (SSSR count). The van der Waals surface area contributed by atoms with Crippen LogP contribution in [0, 0.1) is 11.3 Å². The van der Waals surface area contributed by atoms with E-state index >= 15 is 0 Å². The third-order valence-corrected chi connectivity index (χ3v) is 4.21. The number of nitrogens with one attached hydrogen (secondary N) is 1. The van der Waals surface area contributed by atoms with Crippen molar-refractivity contribution in [3.05, 3.63) is 53.1 Å². The van der Waals surface area contributed by atoms with Crippen molar-refractivity contribution in [1.29, 1.82) is 5.26 Å². The molecular formula is C13H10ClN3O2S. The summed E-state index contributed by atoms with van der Waals surface area (Å²) in [5, 5.41) is 9.21. The van der Waals surface area contributed by atoms with Crippen molar-refractivity contribution < 1.29 is 8.42 Å². The van der Waals surface area contributed by atoms with Gasteiger partial charge in [-0.3, -0.25) is 4.72 Å². The van der Waals surface area contributed by atoms with Crippen molar-refractivity contribution >= 4 is 33.0 Å². The van der Waals surface area contributed by atoms with Crippen LogP contribution in [-0.4, -0.2) is 8.42 Å². The second-order valence-corrected chi connectivity index (χ2v) is 6.03. The Morgan fingerprint density at radius 3 is 2.60 bits per heavy atom. The van der Waals surface area contributed by atoms with E-state index in [1.165, 1.54) is 30.3 Å². The topological polar surface area (TPSA) is 96.0 Å². The summed E-state index contributed by atoms with van der Waals surface area (Å²) in [5.74, 6) is 0. The fourth-order valence-corrected chi connectivity index (χ4v) is 3.09. The van der Waals surface area contributed by atoms with E-state index in [2.05, 4.69) is 4.72 Å². The molecule has 20 heavy (non-hydrogen) atoms. The van der Waals surface area contributed by atoms with Gasteiger partial charge in [-0.1, -0.05) is 23.7 Å². The van der Waals surface area contributed by atoms with Gasteiger partial charge in [0.1, 0.15) is 11.0 Å². The SMILES string of the molecule is N#Cc1ccccc1NS(=O)(=O)c1cc(Cl)ccc1N. The van der Waals surface area contributed by atoms with Gasteiger partial charge in [0.25, 0.3) is 10.0 Å². The largest absolute Gasteiger partial charge is 0.398 e. The maximum atomic E-state index is 12.3. The number of nitrogens with zero attached hydrogens (tertiary/aromatic N) is 1. The van der Waals surface area contributed by atoms with Gasteiger partial charge in [0.2, 0.25) is 0 Å². The minimum atomic E-state index is -3.91. The van der Waals surface area contributed by atoms with Crippen LogP contribution in [0.3, 0.4) is 0 Å². The van der Waals surface area contributed by atoms with E-state index in [1.807, 2.05) is 6.07 Å². The van der Waals surface area contributed by atoms with Crippen LogP contribution in [0.25, 0.3) is 0 Å². The van der Waals surface area contributed by atoms with E-state index in [9.17, 15) is 8.42 Å². The van der Waals surface area contributed by atoms with Crippen LogP contribution in [-0.2, 0) is 10.0 Å². The maximum absolute atomic E-state index is 12.3. The van der Waals surface area contributed by atoms with Gasteiger partial charge in [-0.05, 0) is 30.3 Å². The highest BCUT2D eigenvalue weighted by Gasteiger charge is 2.19. The second-order valence-electron chi connectivity index (χ2n) is 3.95. The Bertz CT molecular complexity index is 798. The number of nitrogen functional groups attached to an aromatic ring is 1. The molecule has 2 aromatic rings. The zero-order valence-corrected chi connectivity index (χ0v) is 11.7. The van der Waals surface area contributed by atoms with Crippen LogP contribution in [0.1, 0.15) is 5.56 Å². The lowest BCUT2D eigenvalue weighted by Crippen LogP contribution is -2.15. The molecule has 0 aliphatic rings. The molecule has 0 aromatic heterocycles. The lowest BCUT2D eigenvalue weighted by Gasteiger charge is -2.11. The van der Waals surface area contributed by atoms with Crippen LogP contribution >= 0.6 is 11.6 Å². The molecule has 102 valence electrons. The molecule has 0 spiro atoms. The van der Waals surface area contributed by atoms with Gasteiger partial charge >= 0.3 is 0 Å². The number of nitriles is 1. The molecule has 5 nitrogen and oxygen atoms in total. The van der Waals surface area contributed by atoms with Crippen molar-refractivity contribution in [3.63, 3.8) is 0 Å². The number of nitrogens with two attached hydrogens (primary N) is 1. The molecule has 7 heteroatoms. The quantitative estimate of drug-likeness (QED) is 0.852. The molecule has 3 N–H and O–H groups in total. The van der Waals surface area contributed by atoms with E-state index < -0.39 is 10.0 Å². The first-order valence-electron chi connectivity index (χ1n) is 5.51. The number of halogens is 1. The summed E-state index contributed by atoms with van der Waals surface area (Å²) in [7, 11) is -3.91. The van der Waals surface area contributed by atoms with Gasteiger partial charge in [-0.25, -0.2) is 8.42 Å². The van der Waals surface area contributed by atoms with E-state index in [0.29, 0.717) is 0 Å². The number of rotatable bonds is 3. The first kappa shape index (κ1) is 14.2. The third kappa shape index (κ3) is 2.85. The van der Waals surface area contributed by atoms with Gasteiger partial charge in [-0.15, -0.1) is 0 Å². The molecule has 0 saturated carbocycles. The summed E-state index contributed by atoms with van der Waals surface area (Å²) >= 11 is 5.78. The smallest absolute Gasteiger partial charge is 0.264 e. The van der Waals surface area contributed by atoms with Crippen molar-refractivity contribution in [3.8, 4) is 6.07 Å². The molecule has 0 radical (unpaired) electrons. The van der Waals surface area contributed by atoms with Crippen LogP contribution in [0.15, 0.2) is 47.4 Å². The second kappa shape index (κ2) is 5.41. The van der Waals surface area contributed by atoms with Crippen molar-refractivity contribution in [2.45, 2.75) is 4.90 Å². The lowest BCUT2D eigenvalue weighted by molar-refractivity contribution is 0.601. The van der Waals surface area contributed by atoms with Crippen molar-refractivity contribution in [1.82, 2.24) is 0 Å². The van der Waals surface area contributed by atoms with E-state index in [1.54, 1.807) is 12.1 Å². The Labute approximate surface area is 121 Å². The predicted molar refractivity (Wildman–Crippen MR) is 77.8 cm³/mol. The minimum absolute atomic E-state index is 0.0799.